The smallest absolute Gasteiger partial charge is 0.136 e. The summed E-state index contributed by atoms with van der Waals surface area (Å²) in [7, 11) is 1.67. The molecule has 0 saturated heterocycles. The Morgan fingerprint density at radius 1 is 1.40 bits per heavy atom. The van der Waals surface area contributed by atoms with Crippen LogP contribution in [0.5, 0.6) is 5.75 Å². The highest BCUT2D eigenvalue weighted by Gasteiger charge is 2.31. The van der Waals surface area contributed by atoms with Crippen LogP contribution < -0.4 is 4.74 Å². The number of hydrogen-bond donors (Lipinski definition) is 0. The maximum Gasteiger partial charge on any atom is 0.136 e. The van der Waals surface area contributed by atoms with Crippen LogP contribution in [-0.4, -0.2) is 12.9 Å². The maximum atomic E-state index is 11.5. The SMILES string of the molecule is COc1cccc(C2CCC(=O)C2C)c1. The van der Waals surface area contributed by atoms with E-state index in [0.717, 1.165) is 18.6 Å². The van der Waals surface area contributed by atoms with E-state index in [1.165, 1.54) is 5.56 Å². The topological polar surface area (TPSA) is 26.3 Å². The molecule has 0 heterocycles. The van der Waals surface area contributed by atoms with Gasteiger partial charge in [-0.2, -0.15) is 0 Å². The molecule has 2 rings (SSSR count). The van der Waals surface area contributed by atoms with Gasteiger partial charge >= 0.3 is 0 Å². The molecule has 0 bridgehead atoms. The van der Waals surface area contributed by atoms with Gasteiger partial charge in [0.05, 0.1) is 7.11 Å². The third kappa shape index (κ3) is 1.89. The summed E-state index contributed by atoms with van der Waals surface area (Å²) in [5, 5.41) is 0. The minimum Gasteiger partial charge on any atom is -0.497 e. The average molecular weight is 204 g/mol. The van der Waals surface area contributed by atoms with E-state index in [-0.39, 0.29) is 5.92 Å². The van der Waals surface area contributed by atoms with Crippen LogP contribution >= 0.6 is 0 Å². The molecule has 2 unspecified atom stereocenters. The zero-order valence-corrected chi connectivity index (χ0v) is 9.19. The minimum atomic E-state index is 0.164. The number of ether oxygens (including phenoxy) is 1. The molecule has 1 aliphatic carbocycles. The number of benzene rings is 1. The first-order chi connectivity index (χ1) is 7.22. The van der Waals surface area contributed by atoms with Crippen LogP contribution in [0.2, 0.25) is 0 Å². The largest absolute Gasteiger partial charge is 0.497 e. The molecule has 0 aliphatic heterocycles. The van der Waals surface area contributed by atoms with Crippen LogP contribution in [0.4, 0.5) is 0 Å². The fourth-order valence-electron chi connectivity index (χ4n) is 2.33. The lowest BCUT2D eigenvalue weighted by Gasteiger charge is -2.15. The number of hydrogen-bond acceptors (Lipinski definition) is 2. The van der Waals surface area contributed by atoms with Crippen molar-refractivity contribution in [2.45, 2.75) is 25.7 Å². The van der Waals surface area contributed by atoms with Gasteiger partial charge in [0.25, 0.3) is 0 Å². The molecule has 1 saturated carbocycles. The number of carbonyl (C=O) groups excluding carboxylic acids is 1. The molecule has 0 spiro atoms. The van der Waals surface area contributed by atoms with Crippen molar-refractivity contribution in [2.75, 3.05) is 7.11 Å². The van der Waals surface area contributed by atoms with E-state index in [4.69, 9.17) is 4.74 Å². The normalized spacial score (nSPS) is 25.6. The molecule has 15 heavy (non-hydrogen) atoms. The fourth-order valence-corrected chi connectivity index (χ4v) is 2.33. The maximum absolute atomic E-state index is 11.5. The number of methoxy groups -OCH3 is 1. The van der Waals surface area contributed by atoms with E-state index >= 15 is 0 Å². The van der Waals surface area contributed by atoms with Crippen molar-refractivity contribution in [1.29, 1.82) is 0 Å². The van der Waals surface area contributed by atoms with Crippen molar-refractivity contribution in [1.82, 2.24) is 0 Å². The number of ketones is 1. The van der Waals surface area contributed by atoms with E-state index in [1.54, 1.807) is 7.11 Å². The van der Waals surface area contributed by atoms with Crippen molar-refractivity contribution in [3.05, 3.63) is 29.8 Å². The Bertz CT molecular complexity index is 371. The first kappa shape index (κ1) is 10.2. The number of carbonyl (C=O) groups is 1. The highest BCUT2D eigenvalue weighted by atomic mass is 16.5. The van der Waals surface area contributed by atoms with Gasteiger partial charge in [0.15, 0.2) is 0 Å². The standard InChI is InChI=1S/C13H16O2/c1-9-12(6-7-13(9)14)10-4-3-5-11(8-10)15-2/h3-5,8-9,12H,6-7H2,1-2H3. The Hall–Kier alpha value is -1.31. The molecule has 80 valence electrons. The van der Waals surface area contributed by atoms with Crippen LogP contribution in [0, 0.1) is 5.92 Å². The van der Waals surface area contributed by atoms with E-state index in [1.807, 2.05) is 25.1 Å². The van der Waals surface area contributed by atoms with Crippen molar-refractivity contribution in [3.63, 3.8) is 0 Å². The summed E-state index contributed by atoms with van der Waals surface area (Å²) >= 11 is 0. The Labute approximate surface area is 90.3 Å². The highest BCUT2D eigenvalue weighted by Crippen LogP contribution is 2.37. The van der Waals surface area contributed by atoms with Gasteiger partial charge < -0.3 is 4.74 Å². The quantitative estimate of drug-likeness (QED) is 0.740. The third-order valence-corrected chi connectivity index (χ3v) is 3.34. The van der Waals surface area contributed by atoms with Crippen LogP contribution in [-0.2, 0) is 4.79 Å². The molecule has 0 N–H and O–H groups in total. The Morgan fingerprint density at radius 3 is 2.80 bits per heavy atom. The van der Waals surface area contributed by atoms with Crippen LogP contribution in [0.15, 0.2) is 24.3 Å². The molecule has 1 aliphatic rings. The average Bonchev–Trinajstić information content (AvgIpc) is 2.60. The lowest BCUT2D eigenvalue weighted by atomic mass is 9.90. The number of Topliss-reactive ketones (excluding diaryl/α,β-unsaturated/α-hetero) is 1. The van der Waals surface area contributed by atoms with Gasteiger partial charge in [-0.3, -0.25) is 4.79 Å². The molecule has 0 radical (unpaired) electrons. The van der Waals surface area contributed by atoms with Gasteiger partial charge in [-0.25, -0.2) is 0 Å². The summed E-state index contributed by atoms with van der Waals surface area (Å²) in [6, 6.07) is 8.05. The molecule has 2 heteroatoms. The summed E-state index contributed by atoms with van der Waals surface area (Å²) in [5.41, 5.74) is 1.23. The fraction of sp³-hybridized carbons (Fsp3) is 0.462. The second-order valence-corrected chi connectivity index (χ2v) is 4.18. The second-order valence-electron chi connectivity index (χ2n) is 4.18. The monoisotopic (exact) mass is 204 g/mol. The predicted octanol–water partition coefficient (Wildman–Crippen LogP) is 2.78. The molecule has 2 nitrogen and oxygen atoms in total. The predicted molar refractivity (Wildman–Crippen MR) is 59.1 cm³/mol. The van der Waals surface area contributed by atoms with Gasteiger partial charge in [0.2, 0.25) is 0 Å². The minimum absolute atomic E-state index is 0.164. The highest BCUT2D eigenvalue weighted by molar-refractivity contribution is 5.84. The first-order valence-corrected chi connectivity index (χ1v) is 5.39. The third-order valence-electron chi connectivity index (χ3n) is 3.34. The summed E-state index contributed by atoms with van der Waals surface area (Å²) < 4.78 is 5.19. The van der Waals surface area contributed by atoms with Crippen LogP contribution in [0.1, 0.15) is 31.2 Å². The molecule has 1 aromatic rings. The lowest BCUT2D eigenvalue weighted by Crippen LogP contribution is -2.08. The summed E-state index contributed by atoms with van der Waals surface area (Å²) in [4.78, 5) is 11.5. The first-order valence-electron chi connectivity index (χ1n) is 5.39. The molecule has 0 amide bonds. The van der Waals surface area contributed by atoms with Crippen molar-refractivity contribution >= 4 is 5.78 Å². The molecule has 0 aromatic heterocycles. The van der Waals surface area contributed by atoms with E-state index in [2.05, 4.69) is 6.07 Å². The molecule has 1 aromatic carbocycles. The molecule has 2 atom stereocenters. The Morgan fingerprint density at radius 2 is 2.20 bits per heavy atom. The number of rotatable bonds is 2. The van der Waals surface area contributed by atoms with Gasteiger partial charge in [-0.05, 0) is 30.0 Å². The summed E-state index contributed by atoms with van der Waals surface area (Å²) in [6.07, 6.45) is 1.70. The van der Waals surface area contributed by atoms with Crippen molar-refractivity contribution in [3.8, 4) is 5.75 Å². The van der Waals surface area contributed by atoms with Crippen LogP contribution in [0.3, 0.4) is 0 Å². The molecular weight excluding hydrogens is 188 g/mol. The van der Waals surface area contributed by atoms with E-state index in [9.17, 15) is 4.79 Å². The van der Waals surface area contributed by atoms with Crippen LogP contribution in [0.25, 0.3) is 0 Å². The van der Waals surface area contributed by atoms with Gasteiger partial charge in [-0.15, -0.1) is 0 Å². The van der Waals surface area contributed by atoms with E-state index < -0.39 is 0 Å². The van der Waals surface area contributed by atoms with Gasteiger partial charge in [0.1, 0.15) is 11.5 Å². The van der Waals surface area contributed by atoms with E-state index in [0.29, 0.717) is 11.7 Å². The van der Waals surface area contributed by atoms with Crippen molar-refractivity contribution in [2.24, 2.45) is 5.92 Å². The molecular formula is C13H16O2. The Balaban J connectivity index is 2.26. The zero-order chi connectivity index (χ0) is 10.8. The van der Waals surface area contributed by atoms with Gasteiger partial charge in [-0.1, -0.05) is 19.1 Å². The summed E-state index contributed by atoms with van der Waals surface area (Å²) in [6.45, 7) is 2.03. The lowest BCUT2D eigenvalue weighted by molar-refractivity contribution is -0.120. The zero-order valence-electron chi connectivity index (χ0n) is 9.19. The summed E-state index contributed by atoms with van der Waals surface area (Å²) in [5.74, 6) is 1.81. The Kier molecular flexibility index (Phi) is 2.76. The van der Waals surface area contributed by atoms with Crippen molar-refractivity contribution < 1.29 is 9.53 Å². The second kappa shape index (κ2) is 4.05. The van der Waals surface area contributed by atoms with Gasteiger partial charge in [0, 0.05) is 12.3 Å². The molecule has 1 fully saturated rings.